The van der Waals surface area contributed by atoms with Crippen molar-refractivity contribution in [2.75, 3.05) is 0 Å². The van der Waals surface area contributed by atoms with E-state index >= 15 is 0 Å². The van der Waals surface area contributed by atoms with E-state index in [4.69, 9.17) is 5.73 Å². The Balaban J connectivity index is 0. The topological polar surface area (TPSA) is 43.1 Å². The van der Waals surface area contributed by atoms with Crippen LogP contribution in [0.5, 0.6) is 0 Å². The van der Waals surface area contributed by atoms with Crippen LogP contribution < -0.4 is 5.73 Å². The third kappa shape index (κ3) is 3.90. The highest BCUT2D eigenvalue weighted by atomic mass is 32.1. The summed E-state index contributed by atoms with van der Waals surface area (Å²) in [4.78, 5) is 11.0. The van der Waals surface area contributed by atoms with Crippen molar-refractivity contribution in [3.05, 3.63) is 0 Å². The lowest BCUT2D eigenvalue weighted by molar-refractivity contribution is -0.127. The highest BCUT2D eigenvalue weighted by molar-refractivity contribution is 7.59. The SMILES string of the molecule is C[C@H](N)C(=O)C(C)(C)C.S. The van der Waals surface area contributed by atoms with Crippen LogP contribution in [0.3, 0.4) is 0 Å². The van der Waals surface area contributed by atoms with Gasteiger partial charge < -0.3 is 5.73 Å². The van der Waals surface area contributed by atoms with Gasteiger partial charge in [-0.1, -0.05) is 20.8 Å². The first kappa shape index (κ1) is 12.6. The summed E-state index contributed by atoms with van der Waals surface area (Å²) < 4.78 is 0. The van der Waals surface area contributed by atoms with Gasteiger partial charge in [0.2, 0.25) is 0 Å². The lowest BCUT2D eigenvalue weighted by Crippen LogP contribution is -2.36. The molecule has 0 saturated heterocycles. The fourth-order valence-corrected chi connectivity index (χ4v) is 0.683. The second kappa shape index (κ2) is 3.98. The van der Waals surface area contributed by atoms with Gasteiger partial charge in [-0.3, -0.25) is 4.79 Å². The van der Waals surface area contributed by atoms with Crippen LogP contribution in [0.25, 0.3) is 0 Å². The minimum Gasteiger partial charge on any atom is -0.322 e. The number of carbonyl (C=O) groups is 1. The molecule has 0 fully saturated rings. The maximum absolute atomic E-state index is 11.0. The van der Waals surface area contributed by atoms with E-state index in [0.29, 0.717) is 0 Å². The molecule has 0 rings (SSSR count). The van der Waals surface area contributed by atoms with Gasteiger partial charge >= 0.3 is 0 Å². The van der Waals surface area contributed by atoms with Crippen LogP contribution in [-0.4, -0.2) is 11.8 Å². The first-order valence-electron chi connectivity index (χ1n) is 3.15. The van der Waals surface area contributed by atoms with E-state index in [1.54, 1.807) is 6.92 Å². The maximum atomic E-state index is 11.0. The van der Waals surface area contributed by atoms with Crippen LogP contribution in [-0.2, 0) is 4.79 Å². The van der Waals surface area contributed by atoms with E-state index in [2.05, 4.69) is 0 Å². The third-order valence-corrected chi connectivity index (χ3v) is 1.15. The Hall–Kier alpha value is -0.0200. The highest BCUT2D eigenvalue weighted by Gasteiger charge is 2.23. The number of Topliss-reactive ketones (excluding diaryl/α,β-unsaturated/α-hetero) is 1. The molecule has 0 aromatic carbocycles. The summed E-state index contributed by atoms with van der Waals surface area (Å²) in [5, 5.41) is 0. The fourth-order valence-electron chi connectivity index (χ4n) is 0.683. The number of hydrogen-bond acceptors (Lipinski definition) is 2. The van der Waals surface area contributed by atoms with E-state index in [9.17, 15) is 4.79 Å². The first-order chi connectivity index (χ1) is 3.85. The average Bonchev–Trinajstić information content (AvgIpc) is 1.62. The predicted molar refractivity (Wildman–Crippen MR) is 48.5 cm³/mol. The molecule has 2 nitrogen and oxygen atoms in total. The summed E-state index contributed by atoms with van der Waals surface area (Å²) >= 11 is 0. The Morgan fingerprint density at radius 2 is 1.70 bits per heavy atom. The van der Waals surface area contributed by atoms with Crippen LogP contribution in [0.4, 0.5) is 0 Å². The van der Waals surface area contributed by atoms with Crippen LogP contribution in [0.2, 0.25) is 0 Å². The molecule has 0 heterocycles. The first-order valence-corrected chi connectivity index (χ1v) is 3.15. The van der Waals surface area contributed by atoms with E-state index < -0.39 is 0 Å². The summed E-state index contributed by atoms with van der Waals surface area (Å²) in [6.07, 6.45) is 0. The lowest BCUT2D eigenvalue weighted by Gasteiger charge is -2.18. The number of hydrogen-bond donors (Lipinski definition) is 1. The Bertz CT molecular complexity index is 115. The summed E-state index contributed by atoms with van der Waals surface area (Å²) in [5.74, 6) is 0.113. The molecule has 0 amide bonds. The normalized spacial score (nSPS) is 13.7. The molecule has 0 aliphatic carbocycles. The third-order valence-electron chi connectivity index (χ3n) is 1.15. The molecule has 0 aromatic heterocycles. The minimum absolute atomic E-state index is 0. The van der Waals surface area contributed by atoms with Gasteiger partial charge in [0.05, 0.1) is 6.04 Å². The van der Waals surface area contributed by atoms with Crippen molar-refractivity contribution in [1.82, 2.24) is 0 Å². The van der Waals surface area contributed by atoms with Gasteiger partial charge in [-0.2, -0.15) is 13.5 Å². The summed E-state index contributed by atoms with van der Waals surface area (Å²) in [6.45, 7) is 7.34. The van der Waals surface area contributed by atoms with Crippen molar-refractivity contribution < 1.29 is 4.79 Å². The van der Waals surface area contributed by atoms with Crippen molar-refractivity contribution >= 4 is 19.3 Å². The van der Waals surface area contributed by atoms with Gasteiger partial charge in [0, 0.05) is 5.41 Å². The molecule has 2 N–H and O–H groups in total. The zero-order valence-corrected chi connectivity index (χ0v) is 8.06. The maximum Gasteiger partial charge on any atom is 0.154 e. The zero-order chi connectivity index (χ0) is 7.65. The Labute approximate surface area is 69.6 Å². The van der Waals surface area contributed by atoms with Crippen LogP contribution in [0.1, 0.15) is 27.7 Å². The van der Waals surface area contributed by atoms with E-state index in [1.165, 1.54) is 0 Å². The molecule has 0 aromatic rings. The molecule has 0 aliphatic rings. The molecule has 3 heteroatoms. The molecular formula is C7H17NOS. The van der Waals surface area contributed by atoms with Crippen molar-refractivity contribution in [2.45, 2.75) is 33.7 Å². The number of rotatable bonds is 1. The summed E-state index contributed by atoms with van der Waals surface area (Å²) in [7, 11) is 0. The Morgan fingerprint density at radius 1 is 1.40 bits per heavy atom. The largest absolute Gasteiger partial charge is 0.322 e. The second-order valence-electron chi connectivity index (χ2n) is 3.40. The Morgan fingerprint density at radius 3 is 1.70 bits per heavy atom. The van der Waals surface area contributed by atoms with Gasteiger partial charge in [0.15, 0.2) is 5.78 Å². The van der Waals surface area contributed by atoms with Gasteiger partial charge in [-0.05, 0) is 6.92 Å². The summed E-state index contributed by atoms with van der Waals surface area (Å²) in [6, 6.07) is -0.329. The second-order valence-corrected chi connectivity index (χ2v) is 3.40. The average molecular weight is 163 g/mol. The van der Waals surface area contributed by atoms with Crippen molar-refractivity contribution in [3.8, 4) is 0 Å². The molecule has 1 atom stereocenters. The van der Waals surface area contributed by atoms with Gasteiger partial charge in [-0.15, -0.1) is 0 Å². The molecule has 62 valence electrons. The van der Waals surface area contributed by atoms with Crippen LogP contribution in [0, 0.1) is 5.41 Å². The zero-order valence-electron chi connectivity index (χ0n) is 7.06. The fraction of sp³-hybridized carbons (Fsp3) is 0.857. The molecule has 0 saturated carbocycles. The lowest BCUT2D eigenvalue weighted by atomic mass is 9.87. The number of carbonyl (C=O) groups excluding carboxylic acids is 1. The highest BCUT2D eigenvalue weighted by Crippen LogP contribution is 2.15. The number of nitrogens with two attached hydrogens (primary N) is 1. The Kier molecular flexibility index (Phi) is 5.04. The van der Waals surface area contributed by atoms with Crippen molar-refractivity contribution in [3.63, 3.8) is 0 Å². The molecule has 0 aliphatic heterocycles. The quantitative estimate of drug-likeness (QED) is 0.628. The van der Waals surface area contributed by atoms with Gasteiger partial charge in [-0.25, -0.2) is 0 Å². The predicted octanol–water partition coefficient (Wildman–Crippen LogP) is 1.06. The molecule has 0 spiro atoms. The molecule has 10 heavy (non-hydrogen) atoms. The molecule has 0 bridgehead atoms. The van der Waals surface area contributed by atoms with E-state index in [1.807, 2.05) is 20.8 Å². The van der Waals surface area contributed by atoms with E-state index in [0.717, 1.165) is 0 Å². The van der Waals surface area contributed by atoms with E-state index in [-0.39, 0.29) is 30.7 Å². The molecule has 0 unspecified atom stereocenters. The van der Waals surface area contributed by atoms with Crippen molar-refractivity contribution in [1.29, 1.82) is 0 Å². The molecular weight excluding hydrogens is 146 g/mol. The van der Waals surface area contributed by atoms with Crippen LogP contribution >= 0.6 is 13.5 Å². The monoisotopic (exact) mass is 163 g/mol. The number of ketones is 1. The standard InChI is InChI=1S/C7H15NO.H2S/c1-5(8)6(9)7(2,3)4;/h5H,8H2,1-4H3;1H2/t5-;/m0./s1. The smallest absolute Gasteiger partial charge is 0.154 e. The minimum atomic E-state index is -0.329. The van der Waals surface area contributed by atoms with Crippen molar-refractivity contribution in [2.24, 2.45) is 11.1 Å². The van der Waals surface area contributed by atoms with Gasteiger partial charge in [0.1, 0.15) is 0 Å². The summed E-state index contributed by atoms with van der Waals surface area (Å²) in [5.41, 5.74) is 5.09. The molecule has 0 radical (unpaired) electrons. The van der Waals surface area contributed by atoms with Crippen LogP contribution in [0.15, 0.2) is 0 Å². The van der Waals surface area contributed by atoms with Gasteiger partial charge in [0.25, 0.3) is 0 Å².